The van der Waals surface area contributed by atoms with E-state index in [9.17, 15) is 14.4 Å². The molecule has 3 aliphatic heterocycles. The minimum atomic E-state index is -0.298. The molecule has 1 atom stereocenters. The van der Waals surface area contributed by atoms with E-state index in [1.807, 2.05) is 35.2 Å². The van der Waals surface area contributed by atoms with Gasteiger partial charge in [-0.25, -0.2) is 0 Å². The molecule has 7 heteroatoms. The predicted molar refractivity (Wildman–Crippen MR) is 123 cm³/mol. The van der Waals surface area contributed by atoms with Crippen LogP contribution in [-0.2, 0) is 11.3 Å². The monoisotopic (exact) mass is 451 g/mol. The van der Waals surface area contributed by atoms with Crippen molar-refractivity contribution in [2.75, 3.05) is 31.1 Å². The first-order valence-corrected chi connectivity index (χ1v) is 11.7. The van der Waals surface area contributed by atoms with E-state index in [1.165, 1.54) is 4.90 Å². The van der Waals surface area contributed by atoms with Crippen molar-refractivity contribution in [1.29, 1.82) is 0 Å². The minimum absolute atomic E-state index is 0.0656. The molecule has 0 aromatic heterocycles. The Bertz CT molecular complexity index is 1080. The second kappa shape index (κ2) is 8.58. The third-order valence-electron chi connectivity index (χ3n) is 6.79. The van der Waals surface area contributed by atoms with Crippen LogP contribution in [0.15, 0.2) is 42.5 Å². The Morgan fingerprint density at radius 2 is 1.72 bits per heavy atom. The van der Waals surface area contributed by atoms with Gasteiger partial charge < -0.3 is 9.80 Å². The summed E-state index contributed by atoms with van der Waals surface area (Å²) in [7, 11) is 0. The van der Waals surface area contributed by atoms with Crippen molar-refractivity contribution >= 4 is 35.0 Å². The quantitative estimate of drug-likeness (QED) is 0.660. The molecular formula is C25H26ClN3O3. The third-order valence-corrected chi connectivity index (χ3v) is 7.16. The number of carbonyl (C=O) groups is 3. The normalized spacial score (nSPS) is 20.8. The van der Waals surface area contributed by atoms with Gasteiger partial charge in [0.15, 0.2) is 0 Å². The van der Waals surface area contributed by atoms with E-state index in [4.69, 9.17) is 11.6 Å². The molecule has 2 fully saturated rings. The highest BCUT2D eigenvalue weighted by Crippen LogP contribution is 2.35. The minimum Gasteiger partial charge on any atom is -0.370 e. The van der Waals surface area contributed by atoms with Gasteiger partial charge >= 0.3 is 0 Å². The third kappa shape index (κ3) is 3.66. The molecule has 0 aliphatic carbocycles. The Balaban J connectivity index is 1.40. The van der Waals surface area contributed by atoms with Crippen LogP contribution in [0.2, 0.25) is 5.02 Å². The van der Waals surface area contributed by atoms with Crippen molar-refractivity contribution < 1.29 is 14.4 Å². The summed E-state index contributed by atoms with van der Waals surface area (Å²) in [6, 6.07) is 12.7. The Morgan fingerprint density at radius 3 is 2.50 bits per heavy atom. The lowest BCUT2D eigenvalue weighted by Gasteiger charge is -2.36. The van der Waals surface area contributed by atoms with Crippen molar-refractivity contribution in [3.05, 3.63) is 64.2 Å². The largest absolute Gasteiger partial charge is 0.370 e. The number of amides is 3. The number of anilines is 1. The molecule has 2 saturated heterocycles. The number of piperidine rings is 1. The van der Waals surface area contributed by atoms with Gasteiger partial charge in [-0.15, -0.1) is 0 Å². The van der Waals surface area contributed by atoms with Crippen LogP contribution in [0.4, 0.5) is 5.69 Å². The number of likely N-dealkylation sites (tertiary alicyclic amines) is 1. The summed E-state index contributed by atoms with van der Waals surface area (Å²) in [4.78, 5) is 44.8. The number of nitrogens with zero attached hydrogens (tertiary/aromatic N) is 3. The maximum Gasteiger partial charge on any atom is 0.263 e. The van der Waals surface area contributed by atoms with E-state index in [2.05, 4.69) is 4.90 Å². The number of rotatable bonds is 4. The fraction of sp³-hybridized carbons (Fsp3) is 0.400. The summed E-state index contributed by atoms with van der Waals surface area (Å²) < 4.78 is 0. The maximum absolute atomic E-state index is 13.4. The van der Waals surface area contributed by atoms with Gasteiger partial charge in [-0.05, 0) is 49.4 Å². The molecule has 32 heavy (non-hydrogen) atoms. The molecule has 166 valence electrons. The maximum atomic E-state index is 13.4. The lowest BCUT2D eigenvalue weighted by atomic mass is 9.95. The molecule has 3 amide bonds. The summed E-state index contributed by atoms with van der Waals surface area (Å²) in [5.74, 6) is -0.436. The molecule has 0 bridgehead atoms. The lowest BCUT2D eigenvalue weighted by molar-refractivity contribution is -0.134. The SMILES string of the molecule is O=C(C1CCCN(c2cccc3c2C(=O)N(Cc2ccccc2Cl)C3=O)C1)N1CCCC1. The molecule has 3 aliphatic rings. The van der Waals surface area contributed by atoms with E-state index in [-0.39, 0.29) is 30.2 Å². The Hall–Kier alpha value is -2.86. The first-order valence-electron chi connectivity index (χ1n) is 11.3. The number of halogens is 1. The Labute approximate surface area is 192 Å². The van der Waals surface area contributed by atoms with Crippen molar-refractivity contribution in [2.24, 2.45) is 5.92 Å². The molecule has 1 unspecified atom stereocenters. The molecule has 0 spiro atoms. The average molecular weight is 452 g/mol. The highest BCUT2D eigenvalue weighted by molar-refractivity contribution is 6.31. The van der Waals surface area contributed by atoms with E-state index in [0.29, 0.717) is 22.7 Å². The molecule has 3 heterocycles. The van der Waals surface area contributed by atoms with Crippen molar-refractivity contribution in [3.63, 3.8) is 0 Å². The van der Waals surface area contributed by atoms with Gasteiger partial charge in [0.1, 0.15) is 0 Å². The second-order valence-electron chi connectivity index (χ2n) is 8.81. The van der Waals surface area contributed by atoms with Gasteiger partial charge in [-0.2, -0.15) is 0 Å². The Morgan fingerprint density at radius 1 is 0.938 bits per heavy atom. The summed E-state index contributed by atoms with van der Waals surface area (Å²) in [6.45, 7) is 3.19. The second-order valence-corrected chi connectivity index (χ2v) is 9.21. The van der Waals surface area contributed by atoms with Crippen LogP contribution in [0.3, 0.4) is 0 Å². The van der Waals surface area contributed by atoms with Crippen LogP contribution >= 0.6 is 11.6 Å². The van der Waals surface area contributed by atoms with Gasteiger partial charge in [0.05, 0.1) is 29.3 Å². The van der Waals surface area contributed by atoms with E-state index < -0.39 is 0 Å². The van der Waals surface area contributed by atoms with Crippen LogP contribution in [-0.4, -0.2) is 53.7 Å². The molecular weight excluding hydrogens is 426 g/mol. The number of fused-ring (bicyclic) bond motifs is 1. The summed E-state index contributed by atoms with van der Waals surface area (Å²) in [5, 5.41) is 0.531. The van der Waals surface area contributed by atoms with Crippen LogP contribution in [0, 0.1) is 5.92 Å². The summed E-state index contributed by atoms with van der Waals surface area (Å²) >= 11 is 6.27. The number of hydrogen-bond donors (Lipinski definition) is 0. The topological polar surface area (TPSA) is 60.9 Å². The van der Waals surface area contributed by atoms with Crippen LogP contribution in [0.5, 0.6) is 0 Å². The first kappa shape index (κ1) is 21.0. The molecule has 0 N–H and O–H groups in total. The summed E-state index contributed by atoms with van der Waals surface area (Å²) in [6.07, 6.45) is 3.91. The molecule has 6 nitrogen and oxygen atoms in total. The fourth-order valence-corrected chi connectivity index (χ4v) is 5.31. The van der Waals surface area contributed by atoms with Gasteiger partial charge in [-0.1, -0.05) is 35.9 Å². The number of benzene rings is 2. The summed E-state index contributed by atoms with van der Waals surface area (Å²) in [5.41, 5.74) is 2.35. The van der Waals surface area contributed by atoms with Gasteiger partial charge in [0.25, 0.3) is 11.8 Å². The van der Waals surface area contributed by atoms with Crippen LogP contribution in [0.1, 0.15) is 52.0 Å². The van der Waals surface area contributed by atoms with Gasteiger partial charge in [0.2, 0.25) is 5.91 Å². The molecule has 2 aromatic carbocycles. The zero-order valence-electron chi connectivity index (χ0n) is 17.9. The van der Waals surface area contributed by atoms with Crippen molar-refractivity contribution in [3.8, 4) is 0 Å². The lowest BCUT2D eigenvalue weighted by Crippen LogP contribution is -2.44. The molecule has 0 radical (unpaired) electrons. The molecule has 5 rings (SSSR count). The number of carbonyl (C=O) groups excluding carboxylic acids is 3. The standard InChI is InChI=1S/C25H26ClN3O3/c26-20-10-2-1-7-17(20)16-29-24(31)19-9-5-11-21(22(19)25(29)32)28-14-6-8-18(15-28)23(30)27-12-3-4-13-27/h1-2,5,7,9-11,18H,3-4,6,8,12-16H2. The van der Waals surface area contributed by atoms with Crippen LogP contribution < -0.4 is 4.90 Å². The van der Waals surface area contributed by atoms with Gasteiger partial charge in [0, 0.05) is 31.2 Å². The molecule has 0 saturated carbocycles. The smallest absolute Gasteiger partial charge is 0.263 e. The number of hydrogen-bond acceptors (Lipinski definition) is 4. The Kier molecular flexibility index (Phi) is 5.64. The van der Waals surface area contributed by atoms with E-state index in [0.717, 1.165) is 56.6 Å². The zero-order chi connectivity index (χ0) is 22.2. The fourth-order valence-electron chi connectivity index (χ4n) is 5.11. The highest BCUT2D eigenvalue weighted by Gasteiger charge is 2.40. The highest BCUT2D eigenvalue weighted by atomic mass is 35.5. The van der Waals surface area contributed by atoms with Crippen LogP contribution in [0.25, 0.3) is 0 Å². The van der Waals surface area contributed by atoms with Crippen molar-refractivity contribution in [2.45, 2.75) is 32.2 Å². The van der Waals surface area contributed by atoms with E-state index in [1.54, 1.807) is 12.1 Å². The molecule has 2 aromatic rings. The average Bonchev–Trinajstić information content (AvgIpc) is 3.44. The number of imide groups is 1. The van der Waals surface area contributed by atoms with E-state index >= 15 is 0 Å². The zero-order valence-corrected chi connectivity index (χ0v) is 18.7. The first-order chi connectivity index (χ1) is 15.5. The van der Waals surface area contributed by atoms with Crippen molar-refractivity contribution in [1.82, 2.24) is 9.80 Å². The van der Waals surface area contributed by atoms with Gasteiger partial charge in [-0.3, -0.25) is 19.3 Å². The predicted octanol–water partition coefficient (Wildman–Crippen LogP) is 3.98.